The van der Waals surface area contributed by atoms with Crippen molar-refractivity contribution in [2.45, 2.75) is 43.7 Å². The van der Waals surface area contributed by atoms with Gasteiger partial charge in [-0.2, -0.15) is 0 Å². The number of likely N-dealkylation sites (tertiary alicyclic amines) is 1. The van der Waals surface area contributed by atoms with Gasteiger partial charge in [0.15, 0.2) is 0 Å². The first-order chi connectivity index (χ1) is 9.96. The number of hydrogen-bond acceptors (Lipinski definition) is 2. The summed E-state index contributed by atoms with van der Waals surface area (Å²) in [6, 6.07) is 8.40. The molecule has 1 aliphatic heterocycles. The first-order valence-electron chi connectivity index (χ1n) is 7.06. The largest absolute Gasteiger partial charge is 0.334 e. The number of rotatable bonds is 2. The molecular formula is C15H17F2N3O. The highest BCUT2D eigenvalue weighted by atomic mass is 19.3. The van der Waals surface area contributed by atoms with Crippen molar-refractivity contribution in [1.82, 2.24) is 10.2 Å². The SMILES string of the molecule is N=C1CCC(c2ccccc2)N1C(=O)NC1CC(F)(F)C1. The van der Waals surface area contributed by atoms with Crippen LogP contribution < -0.4 is 5.32 Å². The van der Waals surface area contributed by atoms with Crippen molar-refractivity contribution in [3.05, 3.63) is 35.9 Å². The number of benzene rings is 1. The average Bonchev–Trinajstić information content (AvgIpc) is 2.79. The highest BCUT2D eigenvalue weighted by Crippen LogP contribution is 2.38. The molecule has 3 rings (SSSR count). The minimum absolute atomic E-state index is 0.181. The van der Waals surface area contributed by atoms with Gasteiger partial charge in [0.25, 0.3) is 5.92 Å². The average molecular weight is 293 g/mol. The molecule has 2 fully saturated rings. The van der Waals surface area contributed by atoms with Crippen LogP contribution in [0.1, 0.15) is 37.3 Å². The maximum absolute atomic E-state index is 12.8. The maximum Gasteiger partial charge on any atom is 0.323 e. The number of nitrogens with zero attached hydrogens (tertiary/aromatic N) is 1. The van der Waals surface area contributed by atoms with Crippen LogP contribution in [0.3, 0.4) is 0 Å². The predicted molar refractivity (Wildman–Crippen MR) is 74.5 cm³/mol. The number of alkyl halides is 2. The Morgan fingerprint density at radius 1 is 1.29 bits per heavy atom. The van der Waals surface area contributed by atoms with Crippen LogP contribution in [-0.2, 0) is 0 Å². The monoisotopic (exact) mass is 293 g/mol. The molecule has 1 heterocycles. The number of carbonyl (C=O) groups excluding carboxylic acids is 1. The quantitative estimate of drug-likeness (QED) is 0.863. The Morgan fingerprint density at radius 3 is 2.57 bits per heavy atom. The number of hydrogen-bond donors (Lipinski definition) is 2. The van der Waals surface area contributed by atoms with E-state index < -0.39 is 18.0 Å². The standard InChI is InChI=1S/C15H17F2N3O/c16-15(17)8-11(9-15)19-14(21)20-12(6-7-13(20)18)10-4-2-1-3-5-10/h1-5,11-12,18H,6-9H2,(H,19,21). The van der Waals surface area contributed by atoms with E-state index in [2.05, 4.69) is 5.32 Å². The number of amidine groups is 1. The Morgan fingerprint density at radius 2 is 1.95 bits per heavy atom. The molecule has 2 amide bonds. The minimum atomic E-state index is -2.66. The molecular weight excluding hydrogens is 276 g/mol. The van der Waals surface area contributed by atoms with Gasteiger partial charge in [0.2, 0.25) is 0 Å². The second-order valence-electron chi connectivity index (χ2n) is 5.69. The van der Waals surface area contributed by atoms with Gasteiger partial charge in [-0.25, -0.2) is 13.6 Å². The molecule has 2 aliphatic rings. The fraction of sp³-hybridized carbons (Fsp3) is 0.467. The Bertz CT molecular complexity index is 553. The predicted octanol–water partition coefficient (Wildman–Crippen LogP) is 3.31. The molecule has 21 heavy (non-hydrogen) atoms. The summed E-state index contributed by atoms with van der Waals surface area (Å²) in [6.07, 6.45) is 0.594. The number of halogens is 2. The Kier molecular flexibility index (Phi) is 3.39. The smallest absolute Gasteiger partial charge is 0.323 e. The number of carbonyl (C=O) groups is 1. The molecule has 1 saturated heterocycles. The van der Waals surface area contributed by atoms with Gasteiger partial charge in [-0.15, -0.1) is 0 Å². The van der Waals surface area contributed by atoms with Crippen molar-refractivity contribution in [2.24, 2.45) is 0 Å². The summed E-state index contributed by atoms with van der Waals surface area (Å²) in [5.41, 5.74) is 0.967. The lowest BCUT2D eigenvalue weighted by molar-refractivity contribution is -0.0900. The van der Waals surface area contributed by atoms with Crippen molar-refractivity contribution in [3.63, 3.8) is 0 Å². The van der Waals surface area contributed by atoms with Crippen molar-refractivity contribution in [2.75, 3.05) is 0 Å². The van der Waals surface area contributed by atoms with E-state index in [1.807, 2.05) is 30.3 Å². The highest BCUT2D eigenvalue weighted by molar-refractivity contribution is 5.98. The van der Waals surface area contributed by atoms with Crippen LogP contribution in [0, 0.1) is 5.41 Å². The van der Waals surface area contributed by atoms with Gasteiger partial charge in [-0.3, -0.25) is 10.3 Å². The van der Waals surface area contributed by atoms with Crippen molar-refractivity contribution in [3.8, 4) is 0 Å². The third kappa shape index (κ3) is 2.75. The second-order valence-corrected chi connectivity index (χ2v) is 5.69. The summed E-state index contributed by atoms with van der Waals surface area (Å²) in [5.74, 6) is -2.41. The summed E-state index contributed by atoms with van der Waals surface area (Å²) in [7, 11) is 0. The summed E-state index contributed by atoms with van der Waals surface area (Å²) >= 11 is 0. The first-order valence-corrected chi connectivity index (χ1v) is 7.06. The molecule has 0 aromatic heterocycles. The molecule has 2 N–H and O–H groups in total. The van der Waals surface area contributed by atoms with E-state index in [9.17, 15) is 13.6 Å². The topological polar surface area (TPSA) is 56.2 Å². The van der Waals surface area contributed by atoms with E-state index in [-0.39, 0.29) is 24.7 Å². The van der Waals surface area contributed by atoms with Gasteiger partial charge < -0.3 is 5.32 Å². The van der Waals surface area contributed by atoms with Gasteiger partial charge in [-0.1, -0.05) is 30.3 Å². The van der Waals surface area contributed by atoms with Crippen LogP contribution in [-0.4, -0.2) is 28.7 Å². The van der Waals surface area contributed by atoms with E-state index in [1.165, 1.54) is 4.90 Å². The number of amides is 2. The van der Waals surface area contributed by atoms with Crippen molar-refractivity contribution in [1.29, 1.82) is 5.41 Å². The maximum atomic E-state index is 12.8. The van der Waals surface area contributed by atoms with Crippen molar-refractivity contribution < 1.29 is 13.6 Å². The fourth-order valence-corrected chi connectivity index (χ4v) is 2.97. The number of nitrogens with one attached hydrogen (secondary N) is 2. The van der Waals surface area contributed by atoms with E-state index in [0.29, 0.717) is 12.8 Å². The van der Waals surface area contributed by atoms with Crippen LogP contribution in [0.15, 0.2) is 30.3 Å². The molecule has 0 radical (unpaired) electrons. The van der Waals surface area contributed by atoms with Gasteiger partial charge in [0.1, 0.15) is 5.84 Å². The molecule has 4 nitrogen and oxygen atoms in total. The summed E-state index contributed by atoms with van der Waals surface area (Å²) < 4.78 is 25.7. The highest BCUT2D eigenvalue weighted by Gasteiger charge is 2.47. The van der Waals surface area contributed by atoms with Crippen LogP contribution in [0.4, 0.5) is 13.6 Å². The Labute approximate surface area is 121 Å². The third-order valence-corrected chi connectivity index (χ3v) is 4.08. The zero-order valence-electron chi connectivity index (χ0n) is 11.5. The van der Waals surface area contributed by atoms with Crippen molar-refractivity contribution >= 4 is 11.9 Å². The van der Waals surface area contributed by atoms with Gasteiger partial charge in [0, 0.05) is 25.3 Å². The van der Waals surface area contributed by atoms with E-state index in [4.69, 9.17) is 5.41 Å². The molecule has 1 unspecified atom stereocenters. The molecule has 112 valence electrons. The van der Waals surface area contributed by atoms with Crippen LogP contribution in [0.2, 0.25) is 0 Å². The third-order valence-electron chi connectivity index (χ3n) is 4.08. The first kappa shape index (κ1) is 14.0. The molecule has 0 bridgehead atoms. The Hall–Kier alpha value is -1.98. The molecule has 1 atom stereocenters. The van der Waals surface area contributed by atoms with Crippen LogP contribution in [0.25, 0.3) is 0 Å². The van der Waals surface area contributed by atoms with E-state index in [1.54, 1.807) is 0 Å². The lowest BCUT2D eigenvalue weighted by Gasteiger charge is -2.37. The lowest BCUT2D eigenvalue weighted by Crippen LogP contribution is -2.54. The molecule has 1 aliphatic carbocycles. The Balaban J connectivity index is 1.70. The fourth-order valence-electron chi connectivity index (χ4n) is 2.97. The second kappa shape index (κ2) is 5.09. The summed E-state index contributed by atoms with van der Waals surface area (Å²) in [4.78, 5) is 13.7. The molecule has 6 heteroatoms. The van der Waals surface area contributed by atoms with Gasteiger partial charge in [0.05, 0.1) is 6.04 Å². The van der Waals surface area contributed by atoms with Gasteiger partial charge >= 0.3 is 6.03 Å². The lowest BCUT2D eigenvalue weighted by atomic mass is 9.88. The molecule has 1 aromatic rings. The zero-order chi connectivity index (χ0) is 15.0. The molecule has 0 spiro atoms. The van der Waals surface area contributed by atoms with E-state index in [0.717, 1.165) is 5.56 Å². The zero-order valence-corrected chi connectivity index (χ0v) is 11.5. The van der Waals surface area contributed by atoms with Crippen LogP contribution >= 0.6 is 0 Å². The van der Waals surface area contributed by atoms with Gasteiger partial charge in [-0.05, 0) is 12.0 Å². The molecule has 1 saturated carbocycles. The summed E-state index contributed by atoms with van der Waals surface area (Å²) in [6.45, 7) is 0. The van der Waals surface area contributed by atoms with Crippen LogP contribution in [0.5, 0.6) is 0 Å². The molecule has 1 aromatic carbocycles. The minimum Gasteiger partial charge on any atom is -0.334 e. The number of urea groups is 1. The summed E-state index contributed by atoms with van der Waals surface area (Å²) in [5, 5.41) is 10.5. The van der Waals surface area contributed by atoms with E-state index >= 15 is 0 Å². The normalized spacial score (nSPS) is 24.8.